The summed E-state index contributed by atoms with van der Waals surface area (Å²) < 4.78 is 10.7. The Morgan fingerprint density at radius 3 is 2.68 bits per heavy atom. The summed E-state index contributed by atoms with van der Waals surface area (Å²) in [6.45, 7) is 4.79. The van der Waals surface area contributed by atoms with Crippen molar-refractivity contribution in [2.75, 3.05) is 20.3 Å². The highest BCUT2D eigenvalue weighted by Gasteiger charge is 2.17. The molecule has 4 heteroatoms. The van der Waals surface area contributed by atoms with Gasteiger partial charge in [-0.05, 0) is 32.0 Å². The lowest BCUT2D eigenvalue weighted by Gasteiger charge is -2.16. The van der Waals surface area contributed by atoms with Gasteiger partial charge in [-0.3, -0.25) is 4.79 Å². The lowest BCUT2D eigenvalue weighted by molar-refractivity contribution is -0.145. The monoisotopic (exact) mass is 265 g/mol. The van der Waals surface area contributed by atoms with Crippen molar-refractivity contribution in [1.29, 1.82) is 0 Å². The highest BCUT2D eigenvalue weighted by molar-refractivity contribution is 5.75. The topological polar surface area (TPSA) is 47.6 Å². The van der Waals surface area contributed by atoms with Gasteiger partial charge >= 0.3 is 5.97 Å². The van der Waals surface area contributed by atoms with E-state index in [0.717, 1.165) is 12.2 Å². The molecule has 19 heavy (non-hydrogen) atoms. The molecule has 1 atom stereocenters. The third-order valence-corrected chi connectivity index (χ3v) is 2.94. The molecular weight excluding hydrogens is 242 g/mol. The van der Waals surface area contributed by atoms with E-state index in [2.05, 4.69) is 18.3 Å². The fourth-order valence-electron chi connectivity index (χ4n) is 1.85. The second-order valence-corrected chi connectivity index (χ2v) is 4.19. The lowest BCUT2D eigenvalue weighted by Crippen LogP contribution is -2.36. The highest BCUT2D eigenvalue weighted by Crippen LogP contribution is 2.18. The van der Waals surface area contributed by atoms with Gasteiger partial charge < -0.3 is 14.8 Å². The summed E-state index contributed by atoms with van der Waals surface area (Å²) in [7, 11) is 1.75. The van der Waals surface area contributed by atoms with Crippen LogP contribution in [0.25, 0.3) is 0 Å². The molecule has 1 aromatic carbocycles. The summed E-state index contributed by atoms with van der Waals surface area (Å²) >= 11 is 0. The molecule has 0 aliphatic heterocycles. The van der Waals surface area contributed by atoms with Crippen LogP contribution in [0.15, 0.2) is 24.3 Å². The predicted octanol–water partition coefficient (Wildman–Crippen LogP) is 2.17. The number of esters is 1. The van der Waals surface area contributed by atoms with Crippen molar-refractivity contribution >= 4 is 5.97 Å². The maximum absolute atomic E-state index is 11.6. The van der Waals surface area contributed by atoms with E-state index < -0.39 is 0 Å². The molecule has 1 aromatic rings. The molecule has 0 heterocycles. The second kappa shape index (κ2) is 8.53. The minimum atomic E-state index is -0.311. The molecule has 106 valence electrons. The van der Waals surface area contributed by atoms with Gasteiger partial charge in [0.2, 0.25) is 0 Å². The van der Waals surface area contributed by atoms with E-state index in [-0.39, 0.29) is 12.0 Å². The summed E-state index contributed by atoms with van der Waals surface area (Å²) in [4.78, 5) is 11.6. The van der Waals surface area contributed by atoms with Crippen LogP contribution < -0.4 is 10.1 Å². The zero-order chi connectivity index (χ0) is 14.1. The molecule has 0 radical (unpaired) electrons. The zero-order valence-corrected chi connectivity index (χ0v) is 11.9. The third kappa shape index (κ3) is 4.91. The zero-order valence-electron chi connectivity index (χ0n) is 11.9. The number of likely N-dealkylation sites (N-methyl/N-ethyl adjacent to an activating group) is 1. The highest BCUT2D eigenvalue weighted by atomic mass is 16.5. The molecule has 0 aliphatic carbocycles. The summed E-state index contributed by atoms with van der Waals surface area (Å²) in [6, 6.07) is 7.65. The van der Waals surface area contributed by atoms with Crippen LogP contribution in [0.5, 0.6) is 5.75 Å². The number of nitrogens with one attached hydrogen (secondary N) is 1. The number of carbonyl (C=O) groups is 1. The van der Waals surface area contributed by atoms with Gasteiger partial charge in [0.15, 0.2) is 0 Å². The van der Waals surface area contributed by atoms with Crippen LogP contribution >= 0.6 is 0 Å². The first kappa shape index (κ1) is 15.5. The van der Waals surface area contributed by atoms with Crippen LogP contribution in [0.4, 0.5) is 0 Å². The molecule has 0 bridgehead atoms. The lowest BCUT2D eigenvalue weighted by atomic mass is 10.1. The van der Waals surface area contributed by atoms with Crippen LogP contribution in [0.1, 0.15) is 25.8 Å². The summed E-state index contributed by atoms with van der Waals surface area (Å²) in [5.41, 5.74) is 1.18. The van der Waals surface area contributed by atoms with Crippen LogP contribution in [0.3, 0.4) is 0 Å². The van der Waals surface area contributed by atoms with Crippen molar-refractivity contribution in [2.45, 2.75) is 32.7 Å². The number of carbonyl (C=O) groups excluding carboxylic acids is 1. The van der Waals surface area contributed by atoms with Gasteiger partial charge in [-0.2, -0.15) is 0 Å². The molecule has 0 spiro atoms. The first-order valence-electron chi connectivity index (χ1n) is 6.77. The Balaban J connectivity index is 2.46. The Kier molecular flexibility index (Phi) is 6.97. The Hall–Kier alpha value is -1.55. The van der Waals surface area contributed by atoms with E-state index in [4.69, 9.17) is 9.47 Å². The smallest absolute Gasteiger partial charge is 0.323 e. The Morgan fingerprint density at radius 2 is 2.05 bits per heavy atom. The van der Waals surface area contributed by atoms with Crippen LogP contribution in [-0.2, 0) is 16.0 Å². The average Bonchev–Trinajstić information content (AvgIpc) is 2.44. The molecular formula is C15H23NO3. The van der Waals surface area contributed by atoms with Gasteiger partial charge in [0.1, 0.15) is 11.8 Å². The van der Waals surface area contributed by atoms with E-state index in [0.29, 0.717) is 19.6 Å². The van der Waals surface area contributed by atoms with Gasteiger partial charge in [-0.1, -0.05) is 25.1 Å². The average molecular weight is 265 g/mol. The Morgan fingerprint density at radius 1 is 1.32 bits per heavy atom. The van der Waals surface area contributed by atoms with E-state index in [9.17, 15) is 4.79 Å². The Labute approximate surface area is 115 Å². The number of ether oxygens (including phenoxy) is 2. The van der Waals surface area contributed by atoms with Gasteiger partial charge in [0.25, 0.3) is 0 Å². The second-order valence-electron chi connectivity index (χ2n) is 4.19. The predicted molar refractivity (Wildman–Crippen MR) is 75.4 cm³/mol. The fraction of sp³-hybridized carbons (Fsp3) is 0.533. The van der Waals surface area contributed by atoms with Crippen LogP contribution in [-0.4, -0.2) is 32.3 Å². The molecule has 0 fully saturated rings. The molecule has 0 aliphatic rings. The number of para-hydroxylation sites is 1. The maximum atomic E-state index is 11.6. The van der Waals surface area contributed by atoms with Crippen LogP contribution in [0.2, 0.25) is 0 Å². The van der Waals surface area contributed by atoms with Crippen LogP contribution in [0, 0.1) is 0 Å². The minimum Gasteiger partial charge on any atom is -0.493 e. The molecule has 0 amide bonds. The maximum Gasteiger partial charge on any atom is 0.323 e. The summed E-state index contributed by atoms with van der Waals surface area (Å²) in [5, 5.41) is 2.95. The largest absolute Gasteiger partial charge is 0.493 e. The first-order chi connectivity index (χ1) is 9.22. The molecule has 4 nitrogen and oxygen atoms in total. The summed E-state index contributed by atoms with van der Waals surface area (Å²) in [6.07, 6.45) is 1.52. The van der Waals surface area contributed by atoms with Gasteiger partial charge in [-0.15, -0.1) is 0 Å². The first-order valence-corrected chi connectivity index (χ1v) is 6.77. The van der Waals surface area contributed by atoms with Crippen molar-refractivity contribution < 1.29 is 14.3 Å². The minimum absolute atomic E-state index is 0.225. The fourth-order valence-corrected chi connectivity index (χ4v) is 1.85. The molecule has 0 saturated carbocycles. The van der Waals surface area contributed by atoms with Crippen molar-refractivity contribution in [3.05, 3.63) is 29.8 Å². The number of hydrogen-bond acceptors (Lipinski definition) is 4. The molecule has 0 saturated heterocycles. The molecule has 0 aromatic heterocycles. The third-order valence-electron chi connectivity index (χ3n) is 2.94. The summed E-state index contributed by atoms with van der Waals surface area (Å²) in [5.74, 6) is 0.668. The normalized spacial score (nSPS) is 11.9. The van der Waals surface area contributed by atoms with E-state index >= 15 is 0 Å². The van der Waals surface area contributed by atoms with E-state index in [1.54, 1.807) is 14.0 Å². The van der Waals surface area contributed by atoms with E-state index in [1.807, 2.05) is 18.2 Å². The van der Waals surface area contributed by atoms with Gasteiger partial charge in [0, 0.05) is 6.42 Å². The molecule has 1 unspecified atom stereocenters. The SMILES string of the molecule is CCOC(=O)C(CCOc1ccccc1CC)NC. The van der Waals surface area contributed by atoms with Crippen molar-refractivity contribution in [1.82, 2.24) is 5.32 Å². The number of aryl methyl sites for hydroxylation is 1. The number of rotatable bonds is 8. The van der Waals surface area contributed by atoms with E-state index in [1.165, 1.54) is 5.56 Å². The van der Waals surface area contributed by atoms with Gasteiger partial charge in [0.05, 0.1) is 13.2 Å². The van der Waals surface area contributed by atoms with Gasteiger partial charge in [-0.25, -0.2) is 0 Å². The number of benzene rings is 1. The standard InChI is InChI=1S/C15H23NO3/c1-4-12-8-6-7-9-14(12)19-11-10-13(16-3)15(17)18-5-2/h6-9,13,16H,4-5,10-11H2,1-3H3. The Bertz CT molecular complexity index is 393. The van der Waals surface area contributed by atoms with Crippen molar-refractivity contribution in [2.24, 2.45) is 0 Å². The molecule has 1 N–H and O–H groups in total. The van der Waals surface area contributed by atoms with Crippen molar-refractivity contribution in [3.8, 4) is 5.75 Å². The molecule has 1 rings (SSSR count). The quantitative estimate of drug-likeness (QED) is 0.732. The number of hydrogen-bond donors (Lipinski definition) is 1. The van der Waals surface area contributed by atoms with Crippen molar-refractivity contribution in [3.63, 3.8) is 0 Å².